The van der Waals surface area contributed by atoms with E-state index in [1.54, 1.807) is 12.1 Å². The average molecular weight is 635 g/mol. The summed E-state index contributed by atoms with van der Waals surface area (Å²) in [6.07, 6.45) is 4.75. The minimum atomic E-state index is -1.76. The van der Waals surface area contributed by atoms with Gasteiger partial charge in [0, 0.05) is 37.7 Å². The lowest BCUT2D eigenvalue weighted by molar-refractivity contribution is -0.961. The van der Waals surface area contributed by atoms with E-state index in [1.165, 1.54) is 28.2 Å². The lowest BCUT2D eigenvalue weighted by atomic mass is 9.94. The van der Waals surface area contributed by atoms with Gasteiger partial charge in [0.05, 0.1) is 35.5 Å². The average Bonchev–Trinajstić information content (AvgIpc) is 3.66. The van der Waals surface area contributed by atoms with Crippen LogP contribution in [-0.2, 0) is 37.6 Å². The first-order chi connectivity index (χ1) is 18.3. The van der Waals surface area contributed by atoms with Gasteiger partial charge in [0.1, 0.15) is 12.6 Å². The highest BCUT2D eigenvalue weighted by atomic mass is 79.9. The molecule has 1 N–H and O–H groups in total. The lowest BCUT2D eigenvalue weighted by Crippen LogP contribution is -3.00. The van der Waals surface area contributed by atoms with E-state index in [1.807, 2.05) is 29.8 Å². The smallest absolute Gasteiger partial charge is 0.349 e. The molecular formula is C30H36BrNO5S2. The van der Waals surface area contributed by atoms with Gasteiger partial charge >= 0.3 is 11.9 Å². The molecule has 0 saturated carbocycles. The van der Waals surface area contributed by atoms with Crippen molar-refractivity contribution in [3.63, 3.8) is 0 Å². The number of carbonyl (C=O) groups is 2. The van der Waals surface area contributed by atoms with E-state index in [0.29, 0.717) is 41.3 Å². The zero-order valence-electron chi connectivity index (χ0n) is 22.4. The Balaban J connectivity index is 0.00000353. The van der Waals surface area contributed by atoms with E-state index in [4.69, 9.17) is 9.47 Å². The molecule has 5 rings (SSSR count). The molecule has 0 aliphatic carbocycles. The number of fused-ring (bicyclic) bond motifs is 2. The molecule has 9 heteroatoms. The van der Waals surface area contributed by atoms with Crippen LogP contribution in [0.4, 0.5) is 0 Å². The normalized spacial score (nSPS) is 24.1. The largest absolute Gasteiger partial charge is 1.00 e. The number of aryl methyl sites for hydroxylation is 1. The Morgan fingerprint density at radius 2 is 1.54 bits per heavy atom. The highest BCUT2D eigenvalue weighted by molar-refractivity contribution is 7.12. The second-order valence-electron chi connectivity index (χ2n) is 10.7. The number of benzene rings is 1. The molecule has 1 aromatic carbocycles. The molecule has 2 atom stereocenters. The lowest BCUT2D eigenvalue weighted by Gasteiger charge is -2.47. The van der Waals surface area contributed by atoms with Gasteiger partial charge in [0.15, 0.2) is 0 Å². The van der Waals surface area contributed by atoms with Gasteiger partial charge in [-0.2, -0.15) is 0 Å². The monoisotopic (exact) mass is 633 g/mol. The van der Waals surface area contributed by atoms with Gasteiger partial charge in [0.2, 0.25) is 5.60 Å². The van der Waals surface area contributed by atoms with Crippen molar-refractivity contribution in [1.82, 2.24) is 0 Å². The molecule has 2 aliphatic rings. The predicted molar refractivity (Wildman–Crippen MR) is 149 cm³/mol. The number of esters is 2. The minimum absolute atomic E-state index is 0. The summed E-state index contributed by atoms with van der Waals surface area (Å²) in [4.78, 5) is 26.3. The van der Waals surface area contributed by atoms with Gasteiger partial charge in [-0.25, -0.2) is 4.79 Å². The number of carbonyl (C=O) groups excluding carboxylic acids is 2. The second kappa shape index (κ2) is 12.6. The Morgan fingerprint density at radius 3 is 2.05 bits per heavy atom. The van der Waals surface area contributed by atoms with Crippen molar-refractivity contribution in [2.45, 2.75) is 75.8 Å². The van der Waals surface area contributed by atoms with E-state index in [9.17, 15) is 14.7 Å². The number of hydrogen-bond acceptors (Lipinski definition) is 7. The van der Waals surface area contributed by atoms with E-state index >= 15 is 0 Å². The fourth-order valence-corrected chi connectivity index (χ4v) is 7.97. The van der Waals surface area contributed by atoms with Crippen molar-refractivity contribution in [3.8, 4) is 0 Å². The van der Waals surface area contributed by atoms with Crippen LogP contribution in [-0.4, -0.2) is 53.4 Å². The molecule has 0 radical (unpaired) electrons. The van der Waals surface area contributed by atoms with Crippen LogP contribution in [0.3, 0.4) is 0 Å². The van der Waals surface area contributed by atoms with Crippen molar-refractivity contribution in [3.05, 3.63) is 80.2 Å². The number of rotatable bonds is 10. The van der Waals surface area contributed by atoms with Crippen molar-refractivity contribution in [2.75, 3.05) is 13.7 Å². The highest BCUT2D eigenvalue weighted by Crippen LogP contribution is 2.45. The van der Waals surface area contributed by atoms with Gasteiger partial charge in [-0.3, -0.25) is 4.79 Å². The van der Waals surface area contributed by atoms with Crippen molar-refractivity contribution in [1.29, 1.82) is 0 Å². The minimum Gasteiger partial charge on any atom is -1.00 e. The summed E-state index contributed by atoms with van der Waals surface area (Å²) in [5.41, 5.74) is 0.665. The number of aliphatic hydroxyl groups is 1. The number of halogens is 1. The summed E-state index contributed by atoms with van der Waals surface area (Å²) < 4.78 is 12.1. The Labute approximate surface area is 248 Å². The first-order valence-corrected chi connectivity index (χ1v) is 15.2. The number of piperidine rings is 1. The molecule has 210 valence electrons. The van der Waals surface area contributed by atoms with Crippen LogP contribution < -0.4 is 17.0 Å². The molecule has 0 spiro atoms. The molecular weight excluding hydrogens is 598 g/mol. The van der Waals surface area contributed by atoms with Crippen LogP contribution >= 0.6 is 22.7 Å². The molecule has 3 aromatic rings. The quantitative estimate of drug-likeness (QED) is 0.274. The molecule has 2 aliphatic heterocycles. The number of hydrogen-bond donors (Lipinski definition) is 1. The summed E-state index contributed by atoms with van der Waals surface area (Å²) in [7, 11) is 2.34. The summed E-state index contributed by atoms with van der Waals surface area (Å²) >= 11 is 2.74. The number of ether oxygens (including phenoxy) is 2. The van der Waals surface area contributed by atoms with Crippen molar-refractivity contribution >= 4 is 34.6 Å². The van der Waals surface area contributed by atoms with Gasteiger partial charge in [-0.1, -0.05) is 36.4 Å². The molecule has 6 nitrogen and oxygen atoms in total. The molecule has 2 saturated heterocycles. The molecule has 2 bridgehead atoms. The molecule has 4 heterocycles. The van der Waals surface area contributed by atoms with Crippen LogP contribution in [0.15, 0.2) is 59.3 Å². The molecule has 39 heavy (non-hydrogen) atoms. The maximum Gasteiger partial charge on any atom is 0.349 e. The number of thiophene rings is 2. The van der Waals surface area contributed by atoms with Crippen LogP contribution in [0.5, 0.6) is 0 Å². The molecule has 2 aromatic heterocycles. The fraction of sp³-hybridized carbons (Fsp3) is 0.467. The Morgan fingerprint density at radius 1 is 0.974 bits per heavy atom. The predicted octanol–water partition coefficient (Wildman–Crippen LogP) is 2.43. The summed E-state index contributed by atoms with van der Waals surface area (Å²) in [5, 5.41) is 15.4. The Hall–Kier alpha value is -2.04. The molecule has 2 fully saturated rings. The first-order valence-electron chi connectivity index (χ1n) is 13.4. The highest BCUT2D eigenvalue weighted by Gasteiger charge is 2.53. The van der Waals surface area contributed by atoms with Gasteiger partial charge < -0.3 is 36.0 Å². The third-order valence-corrected chi connectivity index (χ3v) is 10.3. The first kappa shape index (κ1) is 29.9. The second-order valence-corrected chi connectivity index (χ2v) is 12.6. The maximum atomic E-state index is 13.5. The van der Waals surface area contributed by atoms with Gasteiger partial charge in [0.25, 0.3) is 0 Å². The third kappa shape index (κ3) is 6.17. The van der Waals surface area contributed by atoms with Crippen LogP contribution in [0.2, 0.25) is 0 Å². The molecule has 0 amide bonds. The Bertz CT molecular complexity index is 1180. The SMILES string of the molecule is CCOC(=O)CCc1ccc(C[N+]2(C)C3CCC2CC(OC(=O)C(O)(c2cccs2)c2cccs2)C3)cc1.[Br-]. The summed E-state index contributed by atoms with van der Waals surface area (Å²) in [5.74, 6) is -0.722. The summed E-state index contributed by atoms with van der Waals surface area (Å²) in [6, 6.07) is 16.7. The molecule has 2 unspecified atom stereocenters. The van der Waals surface area contributed by atoms with E-state index in [-0.39, 0.29) is 29.1 Å². The van der Waals surface area contributed by atoms with Crippen molar-refractivity contribution < 1.29 is 45.6 Å². The fourth-order valence-electron chi connectivity index (χ4n) is 6.26. The zero-order chi connectivity index (χ0) is 26.8. The van der Waals surface area contributed by atoms with E-state index in [2.05, 4.69) is 31.3 Å². The maximum absolute atomic E-state index is 13.5. The number of quaternary nitrogens is 1. The van der Waals surface area contributed by atoms with Crippen LogP contribution in [0.25, 0.3) is 0 Å². The Kier molecular flexibility index (Phi) is 9.70. The van der Waals surface area contributed by atoms with Gasteiger partial charge in [-0.05, 0) is 41.8 Å². The third-order valence-electron chi connectivity index (χ3n) is 8.37. The zero-order valence-corrected chi connectivity index (χ0v) is 25.6. The van der Waals surface area contributed by atoms with E-state index < -0.39 is 11.6 Å². The van der Waals surface area contributed by atoms with Gasteiger partial charge in [-0.15, -0.1) is 22.7 Å². The van der Waals surface area contributed by atoms with E-state index in [0.717, 1.165) is 42.3 Å². The topological polar surface area (TPSA) is 72.8 Å². The van der Waals surface area contributed by atoms with Crippen molar-refractivity contribution in [2.24, 2.45) is 0 Å². The van der Waals surface area contributed by atoms with Crippen LogP contribution in [0, 0.1) is 0 Å². The standard InChI is InChI=1S/C30H36NO5S2.BrH/c1-3-35-28(32)15-12-21-8-10-22(11-9-21)20-31(2)23-13-14-24(31)19-25(18-23)36-29(33)30(34,26-6-4-16-37-26)27-7-5-17-38-27;/h4-11,16-17,23-25,34H,3,12-15,18-20H2,1-2H3;1H/q+1;/p-1. The summed E-state index contributed by atoms with van der Waals surface area (Å²) in [6.45, 7) is 3.18. The van der Waals surface area contributed by atoms with Crippen LogP contribution in [0.1, 0.15) is 59.9 Å². The number of nitrogens with zero attached hydrogens (tertiary/aromatic N) is 1.